The molecular formula is C13H10Cl2N2O. The monoisotopic (exact) mass is 280 g/mol. The highest BCUT2D eigenvalue weighted by Crippen LogP contribution is 2.25. The van der Waals surface area contributed by atoms with Crippen LogP contribution < -0.4 is 5.32 Å². The number of halogens is 2. The van der Waals surface area contributed by atoms with Gasteiger partial charge in [0, 0.05) is 28.9 Å². The third-order valence-corrected chi connectivity index (χ3v) is 2.85. The number of benzene rings is 1. The molecule has 0 atom stereocenters. The van der Waals surface area contributed by atoms with Crippen molar-refractivity contribution < 1.29 is 4.79 Å². The fourth-order valence-corrected chi connectivity index (χ4v) is 2.07. The van der Waals surface area contributed by atoms with E-state index in [0.29, 0.717) is 21.3 Å². The molecule has 0 unspecified atom stereocenters. The van der Waals surface area contributed by atoms with Crippen LogP contribution in [0.2, 0.25) is 10.0 Å². The first-order chi connectivity index (χ1) is 8.60. The summed E-state index contributed by atoms with van der Waals surface area (Å²) in [6, 6.07) is 8.67. The van der Waals surface area contributed by atoms with Crippen molar-refractivity contribution in [1.29, 1.82) is 0 Å². The Morgan fingerprint density at radius 1 is 1.17 bits per heavy atom. The molecular weight excluding hydrogens is 271 g/mol. The zero-order chi connectivity index (χ0) is 13.1. The van der Waals surface area contributed by atoms with Crippen LogP contribution in [0.5, 0.6) is 0 Å². The van der Waals surface area contributed by atoms with Gasteiger partial charge >= 0.3 is 0 Å². The molecule has 0 bridgehead atoms. The van der Waals surface area contributed by atoms with Crippen molar-refractivity contribution in [3.05, 3.63) is 52.1 Å². The zero-order valence-corrected chi connectivity index (χ0v) is 11.1. The van der Waals surface area contributed by atoms with Crippen LogP contribution in [-0.4, -0.2) is 17.9 Å². The van der Waals surface area contributed by atoms with Gasteiger partial charge in [0.15, 0.2) is 0 Å². The fourth-order valence-electron chi connectivity index (χ4n) is 1.54. The van der Waals surface area contributed by atoms with Crippen LogP contribution in [0.3, 0.4) is 0 Å². The number of carbonyl (C=O) groups excluding carboxylic acids is 1. The molecule has 0 saturated carbocycles. The van der Waals surface area contributed by atoms with Crippen LogP contribution in [0.4, 0.5) is 0 Å². The first-order valence-corrected chi connectivity index (χ1v) is 6.00. The van der Waals surface area contributed by atoms with E-state index in [4.69, 9.17) is 23.2 Å². The van der Waals surface area contributed by atoms with E-state index < -0.39 is 0 Å². The SMILES string of the molecule is CNC(=O)c1ccc(-c2cc(Cl)cc(Cl)c2)nc1. The Bertz CT molecular complexity index is 562. The number of amides is 1. The van der Waals surface area contributed by atoms with E-state index in [-0.39, 0.29) is 5.91 Å². The Labute approximate surface area is 115 Å². The van der Waals surface area contributed by atoms with Gasteiger partial charge in [0.2, 0.25) is 0 Å². The zero-order valence-electron chi connectivity index (χ0n) is 9.58. The van der Waals surface area contributed by atoms with Gasteiger partial charge in [-0.05, 0) is 30.3 Å². The molecule has 0 saturated heterocycles. The van der Waals surface area contributed by atoms with E-state index in [1.165, 1.54) is 6.20 Å². The van der Waals surface area contributed by atoms with Crippen LogP contribution in [0.15, 0.2) is 36.5 Å². The van der Waals surface area contributed by atoms with Gasteiger partial charge in [-0.2, -0.15) is 0 Å². The van der Waals surface area contributed by atoms with Crippen molar-refractivity contribution in [2.45, 2.75) is 0 Å². The van der Waals surface area contributed by atoms with Crippen LogP contribution in [0.25, 0.3) is 11.3 Å². The fraction of sp³-hybridized carbons (Fsp3) is 0.0769. The van der Waals surface area contributed by atoms with Gasteiger partial charge < -0.3 is 5.32 Å². The van der Waals surface area contributed by atoms with E-state index in [2.05, 4.69) is 10.3 Å². The lowest BCUT2D eigenvalue weighted by Crippen LogP contribution is -2.17. The maximum Gasteiger partial charge on any atom is 0.252 e. The van der Waals surface area contributed by atoms with E-state index >= 15 is 0 Å². The molecule has 0 radical (unpaired) electrons. The van der Waals surface area contributed by atoms with Gasteiger partial charge in [-0.3, -0.25) is 9.78 Å². The van der Waals surface area contributed by atoms with Gasteiger partial charge in [0.05, 0.1) is 11.3 Å². The molecule has 1 heterocycles. The second-order valence-corrected chi connectivity index (χ2v) is 4.54. The highest BCUT2D eigenvalue weighted by atomic mass is 35.5. The summed E-state index contributed by atoms with van der Waals surface area (Å²) in [6.07, 6.45) is 1.52. The Morgan fingerprint density at radius 3 is 2.33 bits per heavy atom. The molecule has 0 spiro atoms. The van der Waals surface area contributed by atoms with Crippen molar-refractivity contribution in [2.75, 3.05) is 7.05 Å². The summed E-state index contributed by atoms with van der Waals surface area (Å²) >= 11 is 11.9. The van der Waals surface area contributed by atoms with E-state index in [1.807, 2.05) is 0 Å². The first kappa shape index (κ1) is 12.9. The smallest absolute Gasteiger partial charge is 0.252 e. The molecule has 1 aromatic heterocycles. The number of carbonyl (C=O) groups is 1. The van der Waals surface area contributed by atoms with Gasteiger partial charge in [-0.25, -0.2) is 0 Å². The van der Waals surface area contributed by atoms with Gasteiger partial charge in [-0.1, -0.05) is 23.2 Å². The lowest BCUT2D eigenvalue weighted by molar-refractivity contribution is 0.0963. The van der Waals surface area contributed by atoms with Crippen molar-refractivity contribution in [3.63, 3.8) is 0 Å². The Kier molecular flexibility index (Phi) is 3.84. The molecule has 0 aliphatic heterocycles. The maximum absolute atomic E-state index is 11.4. The van der Waals surface area contributed by atoms with Gasteiger partial charge in [0.1, 0.15) is 0 Å². The van der Waals surface area contributed by atoms with Gasteiger partial charge in [0.25, 0.3) is 5.91 Å². The molecule has 0 aliphatic carbocycles. The largest absolute Gasteiger partial charge is 0.355 e. The maximum atomic E-state index is 11.4. The van der Waals surface area contributed by atoms with Gasteiger partial charge in [-0.15, -0.1) is 0 Å². The molecule has 92 valence electrons. The van der Waals surface area contributed by atoms with Crippen LogP contribution in [0.1, 0.15) is 10.4 Å². The number of rotatable bonds is 2. The molecule has 0 aliphatic rings. The average Bonchev–Trinajstić information content (AvgIpc) is 2.37. The van der Waals surface area contributed by atoms with Crippen LogP contribution in [-0.2, 0) is 0 Å². The summed E-state index contributed by atoms with van der Waals surface area (Å²) in [5.74, 6) is -0.168. The summed E-state index contributed by atoms with van der Waals surface area (Å²) in [4.78, 5) is 15.6. The lowest BCUT2D eigenvalue weighted by atomic mass is 10.1. The van der Waals surface area contributed by atoms with Crippen molar-refractivity contribution >= 4 is 29.1 Å². The number of nitrogens with one attached hydrogen (secondary N) is 1. The first-order valence-electron chi connectivity index (χ1n) is 5.25. The molecule has 18 heavy (non-hydrogen) atoms. The number of hydrogen-bond acceptors (Lipinski definition) is 2. The summed E-state index contributed by atoms with van der Waals surface area (Å²) in [6.45, 7) is 0. The Morgan fingerprint density at radius 2 is 1.83 bits per heavy atom. The lowest BCUT2D eigenvalue weighted by Gasteiger charge is -2.04. The summed E-state index contributed by atoms with van der Waals surface area (Å²) in [5.41, 5.74) is 2.04. The minimum Gasteiger partial charge on any atom is -0.355 e. The topological polar surface area (TPSA) is 42.0 Å². The number of pyridine rings is 1. The van der Waals surface area contributed by atoms with Crippen molar-refractivity contribution in [2.24, 2.45) is 0 Å². The number of aromatic nitrogens is 1. The quantitative estimate of drug-likeness (QED) is 0.916. The standard InChI is InChI=1S/C13H10Cl2N2O/c1-16-13(18)8-2-3-12(17-7-8)9-4-10(14)6-11(15)5-9/h2-7H,1H3,(H,16,18). The highest BCUT2D eigenvalue weighted by molar-refractivity contribution is 6.35. The molecule has 3 nitrogen and oxygen atoms in total. The van der Waals surface area contributed by atoms with E-state index in [1.54, 1.807) is 37.4 Å². The highest BCUT2D eigenvalue weighted by Gasteiger charge is 2.06. The molecule has 1 amide bonds. The molecule has 1 aromatic carbocycles. The van der Waals surface area contributed by atoms with E-state index in [9.17, 15) is 4.79 Å². The predicted octanol–water partition coefficient (Wildman–Crippen LogP) is 3.42. The van der Waals surface area contributed by atoms with Crippen molar-refractivity contribution in [3.8, 4) is 11.3 Å². The number of hydrogen-bond donors (Lipinski definition) is 1. The summed E-state index contributed by atoms with van der Waals surface area (Å²) in [7, 11) is 1.58. The minimum atomic E-state index is -0.168. The number of nitrogens with zero attached hydrogens (tertiary/aromatic N) is 1. The minimum absolute atomic E-state index is 0.168. The summed E-state index contributed by atoms with van der Waals surface area (Å²) < 4.78 is 0. The molecule has 2 aromatic rings. The van der Waals surface area contributed by atoms with Crippen LogP contribution in [0, 0.1) is 0 Å². The third-order valence-electron chi connectivity index (χ3n) is 2.41. The normalized spacial score (nSPS) is 10.2. The molecule has 5 heteroatoms. The van der Waals surface area contributed by atoms with Crippen LogP contribution >= 0.6 is 23.2 Å². The Hall–Kier alpha value is -1.58. The molecule has 0 fully saturated rings. The molecule has 2 rings (SSSR count). The summed E-state index contributed by atoms with van der Waals surface area (Å²) in [5, 5.41) is 3.64. The van der Waals surface area contributed by atoms with Crippen molar-refractivity contribution in [1.82, 2.24) is 10.3 Å². The second-order valence-electron chi connectivity index (χ2n) is 3.67. The second kappa shape index (κ2) is 5.38. The third kappa shape index (κ3) is 2.81. The van der Waals surface area contributed by atoms with E-state index in [0.717, 1.165) is 5.56 Å². The average molecular weight is 281 g/mol. The Balaban J connectivity index is 2.37. The predicted molar refractivity (Wildman–Crippen MR) is 73.1 cm³/mol. The molecule has 1 N–H and O–H groups in total.